The normalized spacial score (nSPS) is 10.9. The SMILES string of the molecule is CCN(CC)CCNCc1ccc(OC)c(Br)c1. The van der Waals surface area contributed by atoms with Crippen molar-refractivity contribution in [2.75, 3.05) is 33.3 Å². The van der Waals surface area contributed by atoms with E-state index in [0.717, 1.165) is 42.9 Å². The summed E-state index contributed by atoms with van der Waals surface area (Å²) in [6.07, 6.45) is 0. The van der Waals surface area contributed by atoms with Gasteiger partial charge in [0.05, 0.1) is 11.6 Å². The molecule has 0 fully saturated rings. The second kappa shape index (κ2) is 8.51. The Morgan fingerprint density at radius 1 is 1.28 bits per heavy atom. The Bertz CT molecular complexity index is 354. The highest BCUT2D eigenvalue weighted by Gasteiger charge is 2.02. The van der Waals surface area contributed by atoms with Gasteiger partial charge >= 0.3 is 0 Å². The minimum atomic E-state index is 0.877. The van der Waals surface area contributed by atoms with E-state index >= 15 is 0 Å². The van der Waals surface area contributed by atoms with Gasteiger partial charge in [0.2, 0.25) is 0 Å². The zero-order chi connectivity index (χ0) is 13.4. The molecule has 0 aliphatic carbocycles. The predicted molar refractivity (Wildman–Crippen MR) is 80.2 cm³/mol. The van der Waals surface area contributed by atoms with E-state index in [1.807, 2.05) is 6.07 Å². The molecule has 0 radical (unpaired) electrons. The molecule has 0 aliphatic heterocycles. The van der Waals surface area contributed by atoms with Crippen molar-refractivity contribution >= 4 is 15.9 Å². The molecule has 0 spiro atoms. The highest BCUT2D eigenvalue weighted by atomic mass is 79.9. The van der Waals surface area contributed by atoms with Crippen LogP contribution in [0.25, 0.3) is 0 Å². The molecule has 1 rings (SSSR count). The van der Waals surface area contributed by atoms with Crippen LogP contribution in [0, 0.1) is 0 Å². The molecular weight excluding hydrogens is 292 g/mol. The van der Waals surface area contributed by atoms with Crippen LogP contribution in [0.4, 0.5) is 0 Å². The average Bonchev–Trinajstić information content (AvgIpc) is 2.39. The number of likely N-dealkylation sites (N-methyl/N-ethyl adjacent to an activating group) is 1. The van der Waals surface area contributed by atoms with Gasteiger partial charge in [-0.3, -0.25) is 0 Å². The van der Waals surface area contributed by atoms with Gasteiger partial charge < -0.3 is 15.0 Å². The van der Waals surface area contributed by atoms with Gasteiger partial charge in [0, 0.05) is 19.6 Å². The minimum absolute atomic E-state index is 0.877. The van der Waals surface area contributed by atoms with Crippen LogP contribution in [0.1, 0.15) is 19.4 Å². The minimum Gasteiger partial charge on any atom is -0.496 e. The van der Waals surface area contributed by atoms with Crippen molar-refractivity contribution in [3.63, 3.8) is 0 Å². The zero-order valence-electron chi connectivity index (χ0n) is 11.5. The number of nitrogens with one attached hydrogen (secondary N) is 1. The van der Waals surface area contributed by atoms with E-state index in [1.165, 1.54) is 5.56 Å². The lowest BCUT2D eigenvalue weighted by molar-refractivity contribution is 0.302. The molecule has 0 aliphatic rings. The third kappa shape index (κ3) is 4.96. The number of benzene rings is 1. The Balaban J connectivity index is 2.33. The highest BCUT2D eigenvalue weighted by Crippen LogP contribution is 2.25. The van der Waals surface area contributed by atoms with Crippen molar-refractivity contribution in [1.82, 2.24) is 10.2 Å². The molecule has 102 valence electrons. The highest BCUT2D eigenvalue weighted by molar-refractivity contribution is 9.10. The molecule has 1 aromatic carbocycles. The van der Waals surface area contributed by atoms with E-state index in [0.29, 0.717) is 0 Å². The predicted octanol–water partition coefficient (Wildman–Crippen LogP) is 2.89. The number of nitrogens with zero attached hydrogens (tertiary/aromatic N) is 1. The summed E-state index contributed by atoms with van der Waals surface area (Å²) in [4.78, 5) is 2.41. The Hall–Kier alpha value is -0.580. The summed E-state index contributed by atoms with van der Waals surface area (Å²) >= 11 is 3.50. The lowest BCUT2D eigenvalue weighted by Crippen LogP contribution is -2.31. The number of ether oxygens (including phenoxy) is 1. The van der Waals surface area contributed by atoms with Crippen LogP contribution in [0.3, 0.4) is 0 Å². The lowest BCUT2D eigenvalue weighted by Gasteiger charge is -2.18. The number of hydrogen-bond donors (Lipinski definition) is 1. The standard InChI is InChI=1S/C14H23BrN2O/c1-4-17(5-2)9-8-16-11-12-6-7-14(18-3)13(15)10-12/h6-7,10,16H,4-5,8-9,11H2,1-3H3. The van der Waals surface area contributed by atoms with Crippen LogP contribution in [-0.4, -0.2) is 38.2 Å². The molecule has 4 heteroatoms. The van der Waals surface area contributed by atoms with Gasteiger partial charge in [0.15, 0.2) is 0 Å². The third-order valence-corrected chi connectivity index (χ3v) is 3.66. The maximum atomic E-state index is 5.21. The second-order valence-electron chi connectivity index (χ2n) is 4.17. The van der Waals surface area contributed by atoms with Crippen LogP contribution in [0.5, 0.6) is 5.75 Å². The van der Waals surface area contributed by atoms with E-state index < -0.39 is 0 Å². The largest absolute Gasteiger partial charge is 0.496 e. The van der Waals surface area contributed by atoms with Crippen LogP contribution < -0.4 is 10.1 Å². The molecule has 0 unspecified atom stereocenters. The van der Waals surface area contributed by atoms with Gasteiger partial charge in [-0.15, -0.1) is 0 Å². The van der Waals surface area contributed by atoms with Crippen LogP contribution in [0.15, 0.2) is 22.7 Å². The first-order valence-electron chi connectivity index (χ1n) is 6.46. The van der Waals surface area contributed by atoms with Gasteiger partial charge in [-0.25, -0.2) is 0 Å². The van der Waals surface area contributed by atoms with Crippen molar-refractivity contribution < 1.29 is 4.74 Å². The summed E-state index contributed by atoms with van der Waals surface area (Å²) in [7, 11) is 1.68. The Morgan fingerprint density at radius 2 is 2.00 bits per heavy atom. The van der Waals surface area contributed by atoms with Crippen LogP contribution >= 0.6 is 15.9 Å². The van der Waals surface area contributed by atoms with Gasteiger partial charge in [0.1, 0.15) is 5.75 Å². The average molecular weight is 315 g/mol. The van der Waals surface area contributed by atoms with E-state index in [4.69, 9.17) is 4.74 Å². The fraction of sp³-hybridized carbons (Fsp3) is 0.571. The van der Waals surface area contributed by atoms with Crippen molar-refractivity contribution in [3.8, 4) is 5.75 Å². The topological polar surface area (TPSA) is 24.5 Å². The lowest BCUT2D eigenvalue weighted by atomic mass is 10.2. The Morgan fingerprint density at radius 3 is 2.56 bits per heavy atom. The van der Waals surface area contributed by atoms with Crippen molar-refractivity contribution in [1.29, 1.82) is 0 Å². The maximum absolute atomic E-state index is 5.21. The number of hydrogen-bond acceptors (Lipinski definition) is 3. The van der Waals surface area contributed by atoms with Gasteiger partial charge in [-0.1, -0.05) is 19.9 Å². The summed E-state index contributed by atoms with van der Waals surface area (Å²) in [5, 5.41) is 3.46. The molecular formula is C14H23BrN2O. The molecule has 0 saturated carbocycles. The van der Waals surface area contributed by atoms with Crippen molar-refractivity contribution in [2.24, 2.45) is 0 Å². The van der Waals surface area contributed by atoms with Crippen LogP contribution in [-0.2, 0) is 6.54 Å². The van der Waals surface area contributed by atoms with E-state index in [-0.39, 0.29) is 0 Å². The smallest absolute Gasteiger partial charge is 0.133 e. The van der Waals surface area contributed by atoms with E-state index in [9.17, 15) is 0 Å². The molecule has 0 bridgehead atoms. The molecule has 0 saturated heterocycles. The Kier molecular flexibility index (Phi) is 7.32. The molecule has 1 N–H and O–H groups in total. The first kappa shape index (κ1) is 15.5. The fourth-order valence-electron chi connectivity index (χ4n) is 1.83. The summed E-state index contributed by atoms with van der Waals surface area (Å²) in [5.74, 6) is 0.877. The zero-order valence-corrected chi connectivity index (χ0v) is 13.1. The summed E-state index contributed by atoms with van der Waals surface area (Å²) in [6, 6.07) is 6.18. The first-order chi connectivity index (χ1) is 8.71. The first-order valence-corrected chi connectivity index (χ1v) is 7.26. The van der Waals surface area contributed by atoms with E-state index in [2.05, 4.69) is 52.1 Å². The fourth-order valence-corrected chi connectivity index (χ4v) is 2.42. The maximum Gasteiger partial charge on any atom is 0.133 e. The molecule has 0 atom stereocenters. The number of halogens is 1. The molecule has 3 nitrogen and oxygen atoms in total. The molecule has 0 heterocycles. The second-order valence-corrected chi connectivity index (χ2v) is 5.03. The quantitative estimate of drug-likeness (QED) is 0.747. The summed E-state index contributed by atoms with van der Waals surface area (Å²) in [6.45, 7) is 9.65. The molecule has 18 heavy (non-hydrogen) atoms. The molecule has 1 aromatic rings. The third-order valence-electron chi connectivity index (χ3n) is 3.04. The van der Waals surface area contributed by atoms with E-state index in [1.54, 1.807) is 7.11 Å². The molecule has 0 amide bonds. The van der Waals surface area contributed by atoms with Crippen molar-refractivity contribution in [2.45, 2.75) is 20.4 Å². The molecule has 0 aromatic heterocycles. The van der Waals surface area contributed by atoms with Gasteiger partial charge in [0.25, 0.3) is 0 Å². The monoisotopic (exact) mass is 314 g/mol. The summed E-state index contributed by atoms with van der Waals surface area (Å²) in [5.41, 5.74) is 1.27. The van der Waals surface area contributed by atoms with Crippen LogP contribution in [0.2, 0.25) is 0 Å². The Labute approximate surface area is 119 Å². The number of rotatable bonds is 8. The van der Waals surface area contributed by atoms with Gasteiger partial charge in [-0.2, -0.15) is 0 Å². The summed E-state index contributed by atoms with van der Waals surface area (Å²) < 4.78 is 6.22. The number of methoxy groups -OCH3 is 1. The van der Waals surface area contributed by atoms with Crippen molar-refractivity contribution in [3.05, 3.63) is 28.2 Å². The van der Waals surface area contributed by atoms with Gasteiger partial charge in [-0.05, 0) is 46.7 Å².